The number of nitrogens with one attached hydrogen (secondary N) is 1. The molecule has 0 spiro atoms. The third kappa shape index (κ3) is 4.83. The second kappa shape index (κ2) is 9.96. The normalized spacial score (nSPS) is 15.7. The van der Waals surface area contributed by atoms with Crippen LogP contribution >= 0.6 is 12.4 Å². The number of esters is 1. The fourth-order valence-electron chi connectivity index (χ4n) is 4.00. The molecule has 8 heteroatoms. The van der Waals surface area contributed by atoms with E-state index in [1.165, 1.54) is 7.11 Å². The van der Waals surface area contributed by atoms with Crippen molar-refractivity contribution in [2.24, 2.45) is 5.92 Å². The van der Waals surface area contributed by atoms with Gasteiger partial charge in [0.15, 0.2) is 5.65 Å². The number of methoxy groups -OCH3 is 1. The van der Waals surface area contributed by atoms with Gasteiger partial charge in [-0.2, -0.15) is 0 Å². The summed E-state index contributed by atoms with van der Waals surface area (Å²) in [5, 5.41) is 4.10. The van der Waals surface area contributed by atoms with Crippen LogP contribution in [0.4, 0.5) is 11.4 Å². The van der Waals surface area contributed by atoms with E-state index in [0.717, 1.165) is 37.0 Å². The Morgan fingerprint density at radius 1 is 1.22 bits per heavy atom. The van der Waals surface area contributed by atoms with Crippen molar-refractivity contribution in [3.05, 3.63) is 59.4 Å². The molecule has 1 saturated heterocycles. The minimum atomic E-state index is -0.417. The third-order valence-corrected chi connectivity index (χ3v) is 5.60. The number of aryl methyl sites for hydroxylation is 1. The van der Waals surface area contributed by atoms with E-state index < -0.39 is 5.97 Å². The van der Waals surface area contributed by atoms with Crippen molar-refractivity contribution in [3.8, 4) is 0 Å². The maximum atomic E-state index is 13.4. The largest absolute Gasteiger partial charge is 0.465 e. The molecule has 0 bridgehead atoms. The number of amides is 1. The Kier molecular flexibility index (Phi) is 7.30. The first kappa shape index (κ1) is 23.5. The van der Waals surface area contributed by atoms with Gasteiger partial charge in [0.05, 0.1) is 23.9 Å². The number of hydrogen-bond donors (Lipinski definition) is 1. The summed E-state index contributed by atoms with van der Waals surface area (Å²) in [5.41, 5.74) is 3.66. The first-order valence-corrected chi connectivity index (χ1v) is 10.5. The molecular formula is C24H27ClN4O3. The molecule has 1 aliphatic rings. The number of carbonyl (C=O) groups excluding carboxylic acids is 2. The molecule has 1 fully saturated rings. The zero-order valence-electron chi connectivity index (χ0n) is 18.4. The lowest BCUT2D eigenvalue weighted by atomic mass is 9.99. The minimum Gasteiger partial charge on any atom is -0.465 e. The molecule has 7 nitrogen and oxygen atoms in total. The highest BCUT2D eigenvalue weighted by Gasteiger charge is 2.25. The quantitative estimate of drug-likeness (QED) is 0.572. The van der Waals surface area contributed by atoms with Crippen LogP contribution in [-0.4, -0.2) is 46.9 Å². The van der Waals surface area contributed by atoms with Gasteiger partial charge in [-0.15, -0.1) is 12.4 Å². The van der Waals surface area contributed by atoms with Crippen molar-refractivity contribution in [1.82, 2.24) is 14.9 Å². The summed E-state index contributed by atoms with van der Waals surface area (Å²) in [4.78, 5) is 36.3. The molecule has 1 aliphatic heterocycles. The molecule has 0 saturated carbocycles. The number of anilines is 2. The van der Waals surface area contributed by atoms with E-state index in [4.69, 9.17) is 4.74 Å². The summed E-state index contributed by atoms with van der Waals surface area (Å²) in [6.45, 7) is 5.55. The molecule has 168 valence electrons. The lowest BCUT2D eigenvalue weighted by Gasteiger charge is -2.31. The van der Waals surface area contributed by atoms with Gasteiger partial charge in [0, 0.05) is 36.1 Å². The average molecular weight is 455 g/mol. The van der Waals surface area contributed by atoms with Gasteiger partial charge in [-0.25, -0.2) is 14.8 Å². The van der Waals surface area contributed by atoms with E-state index >= 15 is 0 Å². The fraction of sp³-hybridized carbons (Fsp3) is 0.333. The van der Waals surface area contributed by atoms with E-state index in [1.54, 1.807) is 24.4 Å². The first-order valence-electron chi connectivity index (χ1n) is 10.5. The molecular weight excluding hydrogens is 428 g/mol. The second-order valence-electron chi connectivity index (χ2n) is 8.07. The number of likely N-dealkylation sites (tertiary alicyclic amines) is 1. The molecule has 3 aromatic rings. The molecule has 3 heterocycles. The molecule has 1 aromatic carbocycles. The topological polar surface area (TPSA) is 84.4 Å². The number of halogens is 1. The van der Waals surface area contributed by atoms with Gasteiger partial charge in [-0.05, 0) is 56.0 Å². The Hall–Kier alpha value is -3.19. The maximum absolute atomic E-state index is 13.4. The summed E-state index contributed by atoms with van der Waals surface area (Å²) in [5.74, 6) is 0.0101. The summed E-state index contributed by atoms with van der Waals surface area (Å²) in [6, 6.07) is 10.8. The molecule has 0 aliphatic carbocycles. The van der Waals surface area contributed by atoms with Crippen molar-refractivity contribution < 1.29 is 14.3 Å². The predicted octanol–water partition coefficient (Wildman–Crippen LogP) is 4.76. The number of ether oxygens (including phenoxy) is 1. The average Bonchev–Trinajstić information content (AvgIpc) is 2.78. The predicted molar refractivity (Wildman–Crippen MR) is 127 cm³/mol. The summed E-state index contributed by atoms with van der Waals surface area (Å²) in [7, 11) is 1.35. The molecule has 1 atom stereocenters. The zero-order valence-corrected chi connectivity index (χ0v) is 19.2. The van der Waals surface area contributed by atoms with Crippen LogP contribution in [0.25, 0.3) is 11.0 Å². The van der Waals surface area contributed by atoms with Gasteiger partial charge >= 0.3 is 5.97 Å². The van der Waals surface area contributed by atoms with E-state index in [0.29, 0.717) is 34.1 Å². The van der Waals surface area contributed by atoms with Crippen molar-refractivity contribution in [1.29, 1.82) is 0 Å². The lowest BCUT2D eigenvalue weighted by molar-refractivity contribution is 0.0600. The number of piperidine rings is 1. The Labute approximate surface area is 193 Å². The van der Waals surface area contributed by atoms with Gasteiger partial charge in [0.2, 0.25) is 0 Å². The van der Waals surface area contributed by atoms with Crippen LogP contribution in [0.2, 0.25) is 0 Å². The van der Waals surface area contributed by atoms with Gasteiger partial charge in [-0.3, -0.25) is 4.79 Å². The van der Waals surface area contributed by atoms with Crippen LogP contribution in [0.15, 0.2) is 42.6 Å². The van der Waals surface area contributed by atoms with Crippen LogP contribution in [-0.2, 0) is 4.74 Å². The zero-order chi connectivity index (χ0) is 22.0. The highest BCUT2D eigenvalue weighted by atomic mass is 35.5. The number of pyridine rings is 2. The summed E-state index contributed by atoms with van der Waals surface area (Å²) < 4.78 is 4.83. The monoisotopic (exact) mass is 454 g/mol. The number of benzene rings is 1. The highest BCUT2D eigenvalue weighted by Crippen LogP contribution is 2.31. The van der Waals surface area contributed by atoms with Gasteiger partial charge < -0.3 is 15.0 Å². The van der Waals surface area contributed by atoms with Gasteiger partial charge in [0.25, 0.3) is 5.91 Å². The number of carbonyl (C=O) groups is 2. The van der Waals surface area contributed by atoms with Crippen molar-refractivity contribution >= 4 is 46.7 Å². The van der Waals surface area contributed by atoms with E-state index in [9.17, 15) is 9.59 Å². The van der Waals surface area contributed by atoms with Gasteiger partial charge in [-0.1, -0.05) is 13.0 Å². The Morgan fingerprint density at radius 3 is 2.78 bits per heavy atom. The van der Waals surface area contributed by atoms with Crippen LogP contribution < -0.4 is 5.32 Å². The number of fused-ring (bicyclic) bond motifs is 1. The second-order valence-corrected chi connectivity index (χ2v) is 8.07. The lowest BCUT2D eigenvalue weighted by Crippen LogP contribution is -2.39. The van der Waals surface area contributed by atoms with Crippen molar-refractivity contribution in [2.75, 3.05) is 25.5 Å². The van der Waals surface area contributed by atoms with Crippen LogP contribution in [0.3, 0.4) is 0 Å². The van der Waals surface area contributed by atoms with Crippen molar-refractivity contribution in [2.45, 2.75) is 26.7 Å². The Balaban J connectivity index is 0.00000289. The number of nitrogens with zero attached hydrogens (tertiary/aromatic N) is 3. The number of hydrogen-bond acceptors (Lipinski definition) is 6. The van der Waals surface area contributed by atoms with Crippen molar-refractivity contribution in [3.63, 3.8) is 0 Å². The Morgan fingerprint density at radius 2 is 2.03 bits per heavy atom. The van der Waals surface area contributed by atoms with Crippen LogP contribution in [0.5, 0.6) is 0 Å². The van der Waals surface area contributed by atoms with E-state index in [1.807, 2.05) is 30.0 Å². The third-order valence-electron chi connectivity index (χ3n) is 5.60. The summed E-state index contributed by atoms with van der Waals surface area (Å²) >= 11 is 0. The molecule has 2 aromatic heterocycles. The van der Waals surface area contributed by atoms with Gasteiger partial charge in [0.1, 0.15) is 0 Å². The molecule has 0 radical (unpaired) electrons. The molecule has 1 N–H and O–H groups in total. The summed E-state index contributed by atoms with van der Waals surface area (Å²) in [6.07, 6.45) is 3.73. The Bertz CT molecular complexity index is 1150. The van der Waals surface area contributed by atoms with E-state index in [2.05, 4.69) is 22.2 Å². The molecule has 4 rings (SSSR count). The number of rotatable bonds is 4. The van der Waals surface area contributed by atoms with Crippen LogP contribution in [0, 0.1) is 12.8 Å². The molecule has 1 unspecified atom stereocenters. The smallest absolute Gasteiger partial charge is 0.337 e. The van der Waals surface area contributed by atoms with E-state index in [-0.39, 0.29) is 18.3 Å². The maximum Gasteiger partial charge on any atom is 0.337 e. The van der Waals surface area contributed by atoms with Crippen LogP contribution in [0.1, 0.15) is 46.2 Å². The standard InChI is InChI=1S/C24H26N4O3.ClH/c1-15-6-5-11-28(14-15)23(29)20-13-25-22-19(10-9-16(2)26-22)21(20)27-18-8-4-7-17(12-18)24(30)31-3;/h4,7-10,12-13,15H,5-6,11,14H2,1-3H3,(H,25,26,27);1H. The SMILES string of the molecule is COC(=O)c1cccc(Nc2c(C(=O)N3CCCC(C)C3)cnc3nc(C)ccc23)c1.Cl. The number of aromatic nitrogens is 2. The molecule has 32 heavy (non-hydrogen) atoms. The first-order chi connectivity index (χ1) is 15.0. The highest BCUT2D eigenvalue weighted by molar-refractivity contribution is 6.07. The minimum absolute atomic E-state index is 0. The fourth-order valence-corrected chi connectivity index (χ4v) is 4.00. The molecule has 1 amide bonds.